The number of sulfonamides is 1. The molecule has 2 unspecified atom stereocenters. The van der Waals surface area contributed by atoms with Gasteiger partial charge < -0.3 is 0 Å². The molecule has 2 heterocycles. The minimum Gasteiger partial charge on any atom is -0.294 e. The van der Waals surface area contributed by atoms with E-state index in [2.05, 4.69) is 5.32 Å². The van der Waals surface area contributed by atoms with Crippen LogP contribution in [0.5, 0.6) is 0 Å². The average Bonchev–Trinajstić information content (AvgIpc) is 2.45. The second-order valence-electron chi connectivity index (χ2n) is 5.46. The fourth-order valence-electron chi connectivity index (χ4n) is 2.92. The SMILES string of the molecule is Cc1ccc(S(=O)(=O)N2C3CCCC2C(=O)NC3=O)cc1. The van der Waals surface area contributed by atoms with Gasteiger partial charge in [-0.2, -0.15) is 4.31 Å². The predicted molar refractivity (Wildman–Crippen MR) is 74.8 cm³/mol. The van der Waals surface area contributed by atoms with Crippen molar-refractivity contribution in [2.75, 3.05) is 0 Å². The van der Waals surface area contributed by atoms with Crippen molar-refractivity contribution in [3.8, 4) is 0 Å². The molecule has 112 valence electrons. The number of fused-ring (bicyclic) bond motifs is 2. The maximum absolute atomic E-state index is 12.8. The van der Waals surface area contributed by atoms with Gasteiger partial charge in [-0.25, -0.2) is 8.42 Å². The molecule has 7 heteroatoms. The highest BCUT2D eigenvalue weighted by molar-refractivity contribution is 7.89. The van der Waals surface area contributed by atoms with Crippen LogP contribution in [0.25, 0.3) is 0 Å². The van der Waals surface area contributed by atoms with Crippen LogP contribution < -0.4 is 5.32 Å². The summed E-state index contributed by atoms with van der Waals surface area (Å²) < 4.78 is 26.7. The van der Waals surface area contributed by atoms with Gasteiger partial charge in [0.2, 0.25) is 21.8 Å². The van der Waals surface area contributed by atoms with Crippen LogP contribution in [-0.4, -0.2) is 36.6 Å². The zero-order valence-corrected chi connectivity index (χ0v) is 12.4. The number of hydrogen-bond donors (Lipinski definition) is 1. The first kappa shape index (κ1) is 14.2. The summed E-state index contributed by atoms with van der Waals surface area (Å²) in [4.78, 5) is 24.0. The third-order valence-corrected chi connectivity index (χ3v) is 5.95. The van der Waals surface area contributed by atoms with Crippen LogP contribution in [0.2, 0.25) is 0 Å². The number of benzene rings is 1. The van der Waals surface area contributed by atoms with Gasteiger partial charge in [-0.15, -0.1) is 0 Å². The molecule has 0 radical (unpaired) electrons. The second kappa shape index (κ2) is 4.92. The van der Waals surface area contributed by atoms with E-state index in [1.807, 2.05) is 6.92 Å². The third kappa shape index (κ3) is 2.26. The molecule has 2 saturated heterocycles. The molecule has 2 atom stereocenters. The predicted octanol–water partition coefficient (Wildman–Crippen LogP) is 0.563. The summed E-state index contributed by atoms with van der Waals surface area (Å²) in [6.07, 6.45) is 1.57. The molecule has 1 aromatic rings. The highest BCUT2D eigenvalue weighted by Gasteiger charge is 2.50. The van der Waals surface area contributed by atoms with E-state index in [4.69, 9.17) is 0 Å². The van der Waals surface area contributed by atoms with Gasteiger partial charge in [-0.3, -0.25) is 14.9 Å². The van der Waals surface area contributed by atoms with E-state index in [1.54, 1.807) is 12.1 Å². The van der Waals surface area contributed by atoms with Crippen LogP contribution in [0.1, 0.15) is 24.8 Å². The average molecular weight is 308 g/mol. The van der Waals surface area contributed by atoms with Gasteiger partial charge >= 0.3 is 0 Å². The molecule has 2 bridgehead atoms. The van der Waals surface area contributed by atoms with E-state index in [0.717, 1.165) is 9.87 Å². The van der Waals surface area contributed by atoms with E-state index in [0.29, 0.717) is 19.3 Å². The molecule has 21 heavy (non-hydrogen) atoms. The molecule has 3 rings (SSSR count). The van der Waals surface area contributed by atoms with E-state index in [-0.39, 0.29) is 4.90 Å². The molecule has 2 aliphatic rings. The topological polar surface area (TPSA) is 83.6 Å². The Balaban J connectivity index is 2.06. The van der Waals surface area contributed by atoms with Crippen LogP contribution >= 0.6 is 0 Å². The number of nitrogens with zero attached hydrogens (tertiary/aromatic N) is 1. The first-order valence-electron chi connectivity index (χ1n) is 6.86. The molecule has 0 saturated carbocycles. The monoisotopic (exact) mass is 308 g/mol. The molecule has 1 aromatic carbocycles. The minimum atomic E-state index is -3.85. The minimum absolute atomic E-state index is 0.118. The normalized spacial score (nSPS) is 26.5. The number of nitrogens with one attached hydrogen (secondary N) is 1. The number of rotatable bonds is 2. The lowest BCUT2D eigenvalue weighted by Crippen LogP contribution is -2.66. The molecule has 2 amide bonds. The quantitative estimate of drug-likeness (QED) is 0.809. The van der Waals surface area contributed by atoms with Crippen molar-refractivity contribution in [3.05, 3.63) is 29.8 Å². The van der Waals surface area contributed by atoms with Crippen molar-refractivity contribution < 1.29 is 18.0 Å². The Morgan fingerprint density at radius 3 is 2.10 bits per heavy atom. The number of aryl methyl sites for hydroxylation is 1. The smallest absolute Gasteiger partial charge is 0.245 e. The third-order valence-electron chi connectivity index (χ3n) is 4.02. The number of amides is 2. The lowest BCUT2D eigenvalue weighted by Gasteiger charge is -2.42. The second-order valence-corrected chi connectivity index (χ2v) is 7.31. The summed E-state index contributed by atoms with van der Waals surface area (Å²) in [6.45, 7) is 1.86. The van der Waals surface area contributed by atoms with Crippen LogP contribution in [0.15, 0.2) is 29.2 Å². The van der Waals surface area contributed by atoms with E-state index in [1.165, 1.54) is 12.1 Å². The van der Waals surface area contributed by atoms with Crippen molar-refractivity contribution in [3.63, 3.8) is 0 Å². The van der Waals surface area contributed by atoms with Crippen molar-refractivity contribution in [1.29, 1.82) is 0 Å². The number of imide groups is 1. The number of piperidine rings is 1. The van der Waals surface area contributed by atoms with Gasteiger partial charge in [-0.05, 0) is 38.3 Å². The first-order valence-corrected chi connectivity index (χ1v) is 8.30. The van der Waals surface area contributed by atoms with E-state index in [9.17, 15) is 18.0 Å². The zero-order valence-electron chi connectivity index (χ0n) is 11.6. The maximum Gasteiger partial charge on any atom is 0.245 e. The van der Waals surface area contributed by atoms with Gasteiger partial charge in [0, 0.05) is 0 Å². The summed E-state index contributed by atoms with van der Waals surface area (Å²) in [5.41, 5.74) is 0.946. The van der Waals surface area contributed by atoms with Crippen molar-refractivity contribution >= 4 is 21.8 Å². The van der Waals surface area contributed by atoms with E-state index < -0.39 is 33.9 Å². The number of piperazine rings is 1. The molecular weight excluding hydrogens is 292 g/mol. The van der Waals surface area contributed by atoms with Crippen molar-refractivity contribution in [1.82, 2.24) is 9.62 Å². The van der Waals surface area contributed by atoms with Crippen molar-refractivity contribution in [2.24, 2.45) is 0 Å². The fraction of sp³-hybridized carbons (Fsp3) is 0.429. The molecule has 2 fully saturated rings. The molecule has 2 aliphatic heterocycles. The van der Waals surface area contributed by atoms with E-state index >= 15 is 0 Å². The molecule has 0 spiro atoms. The van der Waals surface area contributed by atoms with Gasteiger partial charge in [0.1, 0.15) is 12.1 Å². The van der Waals surface area contributed by atoms with Gasteiger partial charge in [0.25, 0.3) is 0 Å². The molecule has 0 aliphatic carbocycles. The Morgan fingerprint density at radius 1 is 1.05 bits per heavy atom. The largest absolute Gasteiger partial charge is 0.294 e. The summed E-state index contributed by atoms with van der Waals surface area (Å²) in [5.74, 6) is -1.04. The highest BCUT2D eigenvalue weighted by atomic mass is 32.2. The lowest BCUT2D eigenvalue weighted by molar-refractivity contribution is -0.143. The summed E-state index contributed by atoms with van der Waals surface area (Å²) in [6, 6.07) is 4.86. The zero-order chi connectivity index (χ0) is 15.2. The Hall–Kier alpha value is -1.73. The summed E-state index contributed by atoms with van der Waals surface area (Å²) in [7, 11) is -3.85. The van der Waals surface area contributed by atoms with Crippen LogP contribution in [-0.2, 0) is 19.6 Å². The van der Waals surface area contributed by atoms with Crippen LogP contribution in [0, 0.1) is 6.92 Å². The molecule has 0 aromatic heterocycles. The van der Waals surface area contributed by atoms with Crippen LogP contribution in [0.3, 0.4) is 0 Å². The maximum atomic E-state index is 12.8. The molecule has 6 nitrogen and oxygen atoms in total. The Kier molecular flexibility index (Phi) is 3.33. The Bertz CT molecular complexity index is 674. The Labute approximate surface area is 123 Å². The fourth-order valence-corrected chi connectivity index (χ4v) is 4.72. The summed E-state index contributed by atoms with van der Waals surface area (Å²) >= 11 is 0. The lowest BCUT2D eigenvalue weighted by atomic mass is 9.94. The Morgan fingerprint density at radius 2 is 1.57 bits per heavy atom. The standard InChI is InChI=1S/C14H16N2O4S/c1-9-5-7-10(8-6-9)21(19,20)16-11-3-2-4-12(16)14(18)15-13(11)17/h5-8,11-12H,2-4H2,1H3,(H,15,17,18). The highest BCUT2D eigenvalue weighted by Crippen LogP contribution is 2.32. The van der Waals surface area contributed by atoms with Crippen LogP contribution in [0.4, 0.5) is 0 Å². The van der Waals surface area contributed by atoms with Crippen molar-refractivity contribution in [2.45, 2.75) is 43.2 Å². The van der Waals surface area contributed by atoms with Gasteiger partial charge in [-0.1, -0.05) is 17.7 Å². The summed E-state index contributed by atoms with van der Waals surface area (Å²) in [5, 5.41) is 2.26. The van der Waals surface area contributed by atoms with Gasteiger partial charge in [0.15, 0.2) is 0 Å². The molecular formula is C14H16N2O4S. The number of hydrogen-bond acceptors (Lipinski definition) is 4. The molecule has 1 N–H and O–H groups in total. The number of carbonyl (C=O) groups is 2. The number of carbonyl (C=O) groups excluding carboxylic acids is 2. The van der Waals surface area contributed by atoms with Gasteiger partial charge in [0.05, 0.1) is 4.90 Å². The first-order chi connectivity index (χ1) is 9.91.